The van der Waals surface area contributed by atoms with E-state index >= 15 is 0 Å². The molecule has 0 spiro atoms. The third kappa shape index (κ3) is 3.66. The average Bonchev–Trinajstić information content (AvgIpc) is 2.98. The number of ether oxygens (including phenoxy) is 1. The molecule has 116 valence electrons. The Hall–Kier alpha value is -1.33. The van der Waals surface area contributed by atoms with E-state index in [4.69, 9.17) is 4.74 Å². The second-order valence-corrected chi connectivity index (χ2v) is 6.32. The van der Waals surface area contributed by atoms with Crippen LogP contribution >= 0.6 is 0 Å². The van der Waals surface area contributed by atoms with Crippen LogP contribution in [0.25, 0.3) is 0 Å². The summed E-state index contributed by atoms with van der Waals surface area (Å²) in [7, 11) is 0. The third-order valence-corrected chi connectivity index (χ3v) is 4.43. The van der Waals surface area contributed by atoms with Crippen molar-refractivity contribution >= 4 is 5.91 Å². The molecule has 1 aromatic heterocycles. The Bertz CT molecular complexity index is 489. The molecule has 2 N–H and O–H groups in total. The third-order valence-electron chi connectivity index (χ3n) is 4.43. The summed E-state index contributed by atoms with van der Waals surface area (Å²) in [6, 6.07) is 1.62. The molecule has 1 aromatic rings. The highest BCUT2D eigenvalue weighted by Crippen LogP contribution is 2.33. The number of hydrogen-bond acceptors (Lipinski definition) is 3. The fourth-order valence-corrected chi connectivity index (χ4v) is 2.93. The van der Waals surface area contributed by atoms with Gasteiger partial charge in [0.15, 0.2) is 0 Å². The van der Waals surface area contributed by atoms with Crippen LogP contribution < -0.4 is 5.32 Å². The summed E-state index contributed by atoms with van der Waals surface area (Å²) in [6.45, 7) is 3.51. The zero-order valence-electron chi connectivity index (χ0n) is 12.5. The summed E-state index contributed by atoms with van der Waals surface area (Å²) in [4.78, 5) is 12.2. The largest absolute Gasteiger partial charge is 0.391 e. The molecule has 3 rings (SSSR count). The first-order valence-corrected chi connectivity index (χ1v) is 7.90. The maximum absolute atomic E-state index is 12.2. The zero-order chi connectivity index (χ0) is 14.8. The second kappa shape index (κ2) is 6.20. The van der Waals surface area contributed by atoms with Crippen LogP contribution in [0.4, 0.5) is 0 Å². The molecule has 0 radical (unpaired) electrons. The maximum atomic E-state index is 12.2. The molecule has 2 unspecified atom stereocenters. The minimum Gasteiger partial charge on any atom is -0.391 e. The van der Waals surface area contributed by atoms with Crippen molar-refractivity contribution in [2.75, 3.05) is 6.61 Å². The van der Waals surface area contributed by atoms with Gasteiger partial charge in [-0.15, -0.1) is 0 Å². The lowest BCUT2D eigenvalue weighted by molar-refractivity contribution is 0.0808. The number of amides is 1. The predicted octanol–water partition coefficient (Wildman–Crippen LogP) is 1.56. The molecule has 1 aliphatic carbocycles. The van der Waals surface area contributed by atoms with E-state index in [0.717, 1.165) is 38.8 Å². The summed E-state index contributed by atoms with van der Waals surface area (Å²) in [5.41, 5.74) is 0.642. The first-order chi connectivity index (χ1) is 10.1. The summed E-state index contributed by atoms with van der Waals surface area (Å²) in [5, 5.41) is 12.9. The molecule has 1 aliphatic heterocycles. The molecule has 5 nitrogen and oxygen atoms in total. The van der Waals surface area contributed by atoms with Crippen LogP contribution in [0, 0.1) is 5.92 Å². The lowest BCUT2D eigenvalue weighted by atomic mass is 10.1. The standard InChI is InChI=1S/C16H24N2O3/c1-11(15(19)12-4-5-12)17-16(20)13-6-7-18(9-13)10-14-3-2-8-21-14/h6-7,9,11-12,14-15,19H,2-5,8,10H2,1H3,(H,17,20)/t11?,14-,15?/m1/s1. The van der Waals surface area contributed by atoms with Gasteiger partial charge in [-0.1, -0.05) is 0 Å². The first kappa shape index (κ1) is 14.6. The Morgan fingerprint density at radius 1 is 1.52 bits per heavy atom. The molecule has 1 amide bonds. The molecule has 2 heterocycles. The van der Waals surface area contributed by atoms with E-state index in [2.05, 4.69) is 5.32 Å². The van der Waals surface area contributed by atoms with Gasteiger partial charge in [-0.05, 0) is 44.6 Å². The van der Waals surface area contributed by atoms with Gasteiger partial charge in [-0.2, -0.15) is 0 Å². The highest BCUT2D eigenvalue weighted by molar-refractivity contribution is 5.94. The molecule has 0 aromatic carbocycles. The van der Waals surface area contributed by atoms with Gasteiger partial charge in [-0.3, -0.25) is 4.79 Å². The summed E-state index contributed by atoms with van der Waals surface area (Å²) < 4.78 is 7.61. The predicted molar refractivity (Wildman–Crippen MR) is 79.1 cm³/mol. The Balaban J connectivity index is 1.53. The van der Waals surface area contributed by atoms with E-state index in [1.54, 1.807) is 0 Å². The number of rotatable bonds is 6. The van der Waals surface area contributed by atoms with Crippen molar-refractivity contribution in [3.8, 4) is 0 Å². The topological polar surface area (TPSA) is 63.5 Å². The molecule has 3 atom stereocenters. The normalized spacial score (nSPS) is 24.8. The van der Waals surface area contributed by atoms with Crippen molar-refractivity contribution in [1.82, 2.24) is 9.88 Å². The lowest BCUT2D eigenvalue weighted by Gasteiger charge is -2.19. The highest BCUT2D eigenvalue weighted by atomic mass is 16.5. The van der Waals surface area contributed by atoms with Crippen molar-refractivity contribution in [3.05, 3.63) is 24.0 Å². The number of aliphatic hydroxyl groups excluding tert-OH is 1. The summed E-state index contributed by atoms with van der Waals surface area (Å²) in [6.07, 6.45) is 7.96. The van der Waals surface area contributed by atoms with Gasteiger partial charge >= 0.3 is 0 Å². The Labute approximate surface area is 125 Å². The van der Waals surface area contributed by atoms with Crippen LogP contribution in [-0.2, 0) is 11.3 Å². The van der Waals surface area contributed by atoms with Crippen LogP contribution in [0.3, 0.4) is 0 Å². The minimum atomic E-state index is -0.428. The van der Waals surface area contributed by atoms with E-state index < -0.39 is 6.10 Å². The SMILES string of the molecule is CC(NC(=O)c1ccn(C[C@H]2CCCO2)c1)C(O)C1CC1. The van der Waals surface area contributed by atoms with Gasteiger partial charge in [0.1, 0.15) is 0 Å². The van der Waals surface area contributed by atoms with Crippen molar-refractivity contribution in [2.45, 2.75) is 57.4 Å². The van der Waals surface area contributed by atoms with Crippen LogP contribution in [0.5, 0.6) is 0 Å². The van der Waals surface area contributed by atoms with Gasteiger partial charge in [-0.25, -0.2) is 0 Å². The number of hydrogen-bond donors (Lipinski definition) is 2. The van der Waals surface area contributed by atoms with Crippen LogP contribution in [-0.4, -0.2) is 40.4 Å². The van der Waals surface area contributed by atoms with Gasteiger partial charge in [0, 0.05) is 25.5 Å². The van der Waals surface area contributed by atoms with E-state index in [1.165, 1.54) is 0 Å². The molecule has 5 heteroatoms. The van der Waals surface area contributed by atoms with Gasteiger partial charge in [0.05, 0.1) is 23.8 Å². The Morgan fingerprint density at radius 2 is 2.33 bits per heavy atom. The van der Waals surface area contributed by atoms with Gasteiger partial charge < -0.3 is 19.7 Å². The second-order valence-electron chi connectivity index (χ2n) is 6.32. The van der Waals surface area contributed by atoms with Gasteiger partial charge in [0.25, 0.3) is 5.91 Å². The quantitative estimate of drug-likeness (QED) is 0.836. The van der Waals surface area contributed by atoms with E-state index in [-0.39, 0.29) is 18.1 Å². The molecule has 1 saturated heterocycles. The molecule has 1 saturated carbocycles. The zero-order valence-corrected chi connectivity index (χ0v) is 12.5. The molecule has 2 fully saturated rings. The van der Waals surface area contributed by atoms with Crippen LogP contribution in [0.15, 0.2) is 18.5 Å². The number of aromatic nitrogens is 1. The molecule has 2 aliphatic rings. The summed E-state index contributed by atoms with van der Waals surface area (Å²) >= 11 is 0. The Kier molecular flexibility index (Phi) is 4.31. The molecule has 21 heavy (non-hydrogen) atoms. The highest BCUT2D eigenvalue weighted by Gasteiger charge is 2.34. The van der Waals surface area contributed by atoms with Crippen LogP contribution in [0.2, 0.25) is 0 Å². The molecule has 0 bridgehead atoms. The number of nitrogens with one attached hydrogen (secondary N) is 1. The first-order valence-electron chi connectivity index (χ1n) is 7.90. The number of nitrogens with zero attached hydrogens (tertiary/aromatic N) is 1. The van der Waals surface area contributed by atoms with Crippen molar-refractivity contribution in [1.29, 1.82) is 0 Å². The monoisotopic (exact) mass is 292 g/mol. The van der Waals surface area contributed by atoms with E-state index in [1.807, 2.05) is 30.0 Å². The summed E-state index contributed by atoms with van der Waals surface area (Å²) in [5.74, 6) is 0.248. The molecular weight excluding hydrogens is 268 g/mol. The minimum absolute atomic E-state index is 0.117. The lowest BCUT2D eigenvalue weighted by Crippen LogP contribution is -2.42. The maximum Gasteiger partial charge on any atom is 0.253 e. The Morgan fingerprint density at radius 3 is 3.00 bits per heavy atom. The van der Waals surface area contributed by atoms with Crippen molar-refractivity contribution < 1.29 is 14.6 Å². The van der Waals surface area contributed by atoms with E-state index in [0.29, 0.717) is 11.5 Å². The number of carbonyl (C=O) groups is 1. The fraction of sp³-hybridized carbons (Fsp3) is 0.688. The van der Waals surface area contributed by atoms with E-state index in [9.17, 15) is 9.90 Å². The average molecular weight is 292 g/mol. The van der Waals surface area contributed by atoms with Crippen LogP contribution in [0.1, 0.15) is 43.0 Å². The number of carbonyl (C=O) groups excluding carboxylic acids is 1. The van der Waals surface area contributed by atoms with Crippen molar-refractivity contribution in [2.24, 2.45) is 5.92 Å². The fourth-order valence-electron chi connectivity index (χ4n) is 2.93. The molecular formula is C16H24N2O3. The van der Waals surface area contributed by atoms with Crippen molar-refractivity contribution in [3.63, 3.8) is 0 Å². The smallest absolute Gasteiger partial charge is 0.253 e. The number of aliphatic hydroxyl groups is 1. The van der Waals surface area contributed by atoms with Gasteiger partial charge in [0.2, 0.25) is 0 Å².